The summed E-state index contributed by atoms with van der Waals surface area (Å²) in [7, 11) is 0. The number of carbonyl (C=O) groups is 1. The summed E-state index contributed by atoms with van der Waals surface area (Å²) in [4.78, 5) is 13.9. The quantitative estimate of drug-likeness (QED) is 0.751. The molecule has 0 aliphatic heterocycles. The third-order valence-corrected chi connectivity index (χ3v) is 1.73. The van der Waals surface area contributed by atoms with E-state index in [9.17, 15) is 13.6 Å². The van der Waals surface area contributed by atoms with Crippen molar-refractivity contribution in [2.75, 3.05) is 0 Å². The first-order chi connectivity index (χ1) is 6.59. The van der Waals surface area contributed by atoms with Gasteiger partial charge in [0.05, 0.1) is 0 Å². The van der Waals surface area contributed by atoms with Crippen molar-refractivity contribution in [3.8, 4) is 0 Å². The van der Waals surface area contributed by atoms with Crippen molar-refractivity contribution in [2.24, 2.45) is 0 Å². The van der Waals surface area contributed by atoms with Crippen LogP contribution >= 0.6 is 0 Å². The zero-order chi connectivity index (χ0) is 10.3. The average Bonchev–Trinajstić information content (AvgIpc) is 2.44. The Morgan fingerprint density at radius 3 is 2.79 bits per heavy atom. The van der Waals surface area contributed by atoms with Gasteiger partial charge in [-0.1, -0.05) is 0 Å². The van der Waals surface area contributed by atoms with Crippen molar-refractivity contribution in [1.82, 2.24) is 9.38 Å². The van der Waals surface area contributed by atoms with Gasteiger partial charge in [-0.25, -0.2) is 14.2 Å². The van der Waals surface area contributed by atoms with Crippen LogP contribution in [0.15, 0.2) is 18.3 Å². The standard InChI is InChI=1S/C8H4F2N2O2/c9-4-1-2-5-11-6(8(13)14)7(10)12(5)3-4/h1-3H,(H,13,14). The fourth-order valence-electron chi connectivity index (χ4n) is 1.13. The lowest BCUT2D eigenvalue weighted by molar-refractivity contribution is 0.0685. The molecule has 0 unspecified atom stereocenters. The highest BCUT2D eigenvalue weighted by atomic mass is 19.1. The number of halogens is 2. The number of hydrogen-bond donors (Lipinski definition) is 1. The summed E-state index contributed by atoms with van der Waals surface area (Å²) >= 11 is 0. The Bertz CT molecular complexity index is 521. The summed E-state index contributed by atoms with van der Waals surface area (Å²) in [5, 5.41) is 8.53. The molecule has 6 heteroatoms. The van der Waals surface area contributed by atoms with Crippen LogP contribution in [0.1, 0.15) is 10.5 Å². The monoisotopic (exact) mass is 198 g/mol. The van der Waals surface area contributed by atoms with Crippen LogP contribution in [0.25, 0.3) is 5.65 Å². The molecule has 0 fully saturated rings. The van der Waals surface area contributed by atoms with Gasteiger partial charge in [-0.05, 0) is 12.1 Å². The van der Waals surface area contributed by atoms with Gasteiger partial charge < -0.3 is 5.11 Å². The summed E-state index contributed by atoms with van der Waals surface area (Å²) < 4.78 is 26.6. The summed E-state index contributed by atoms with van der Waals surface area (Å²) in [5.74, 6) is -3.22. The molecule has 0 amide bonds. The predicted molar refractivity (Wildman–Crippen MR) is 42.1 cm³/mol. The van der Waals surface area contributed by atoms with Crippen molar-refractivity contribution in [3.63, 3.8) is 0 Å². The van der Waals surface area contributed by atoms with Gasteiger partial charge in [-0.15, -0.1) is 0 Å². The summed E-state index contributed by atoms with van der Waals surface area (Å²) in [6.07, 6.45) is 0.837. The molecule has 72 valence electrons. The van der Waals surface area contributed by atoms with Crippen LogP contribution < -0.4 is 0 Å². The molecule has 2 aromatic rings. The lowest BCUT2D eigenvalue weighted by Gasteiger charge is -1.92. The SMILES string of the molecule is O=C(O)c1nc2ccc(F)cn2c1F. The van der Waals surface area contributed by atoms with Crippen LogP contribution in [-0.2, 0) is 0 Å². The van der Waals surface area contributed by atoms with Crippen LogP contribution in [0.3, 0.4) is 0 Å². The molecular formula is C8H4F2N2O2. The van der Waals surface area contributed by atoms with E-state index >= 15 is 0 Å². The zero-order valence-electron chi connectivity index (χ0n) is 6.74. The fourth-order valence-corrected chi connectivity index (χ4v) is 1.13. The van der Waals surface area contributed by atoms with E-state index in [0.717, 1.165) is 16.7 Å². The minimum Gasteiger partial charge on any atom is -0.476 e. The highest BCUT2D eigenvalue weighted by Gasteiger charge is 2.17. The number of pyridine rings is 1. The summed E-state index contributed by atoms with van der Waals surface area (Å²) in [5.41, 5.74) is -0.656. The number of hydrogen-bond acceptors (Lipinski definition) is 2. The van der Waals surface area contributed by atoms with Crippen LogP contribution in [0.5, 0.6) is 0 Å². The van der Waals surface area contributed by atoms with Gasteiger partial charge in [0.1, 0.15) is 11.5 Å². The number of imidazole rings is 1. The Morgan fingerprint density at radius 2 is 2.14 bits per heavy atom. The molecule has 1 N–H and O–H groups in total. The van der Waals surface area contributed by atoms with Gasteiger partial charge in [0.25, 0.3) is 0 Å². The molecule has 0 radical (unpaired) electrons. The third-order valence-electron chi connectivity index (χ3n) is 1.73. The van der Waals surface area contributed by atoms with Gasteiger partial charge in [0, 0.05) is 6.20 Å². The maximum atomic E-state index is 13.2. The summed E-state index contributed by atoms with van der Waals surface area (Å²) in [6.45, 7) is 0. The second kappa shape index (κ2) is 2.76. The number of nitrogens with zero attached hydrogens (tertiary/aromatic N) is 2. The number of carboxylic acids is 1. The number of rotatable bonds is 1. The number of aromatic carboxylic acids is 1. The Morgan fingerprint density at radius 1 is 1.43 bits per heavy atom. The fraction of sp³-hybridized carbons (Fsp3) is 0. The van der Waals surface area contributed by atoms with E-state index in [0.29, 0.717) is 0 Å². The first-order valence-electron chi connectivity index (χ1n) is 3.66. The van der Waals surface area contributed by atoms with Crippen LogP contribution in [-0.4, -0.2) is 20.5 Å². The number of fused-ring (bicyclic) bond motifs is 1. The molecule has 0 aliphatic carbocycles. The molecule has 0 atom stereocenters. The largest absolute Gasteiger partial charge is 0.476 e. The van der Waals surface area contributed by atoms with E-state index in [2.05, 4.69) is 4.98 Å². The van der Waals surface area contributed by atoms with E-state index in [-0.39, 0.29) is 5.65 Å². The van der Waals surface area contributed by atoms with Crippen LogP contribution in [0.4, 0.5) is 8.78 Å². The minimum absolute atomic E-state index is 0.0568. The van der Waals surface area contributed by atoms with Gasteiger partial charge in [-0.3, -0.25) is 4.40 Å². The predicted octanol–water partition coefficient (Wildman–Crippen LogP) is 1.31. The van der Waals surface area contributed by atoms with Gasteiger partial charge in [0.2, 0.25) is 11.6 Å². The van der Waals surface area contributed by atoms with Gasteiger partial charge in [0.15, 0.2) is 0 Å². The Hall–Kier alpha value is -1.98. The Kier molecular flexibility index (Phi) is 1.70. The lowest BCUT2D eigenvalue weighted by Crippen LogP contribution is -2.00. The Balaban J connectivity index is 2.80. The molecule has 2 rings (SSSR count). The van der Waals surface area contributed by atoms with Crippen molar-refractivity contribution < 1.29 is 18.7 Å². The topological polar surface area (TPSA) is 54.6 Å². The maximum Gasteiger partial charge on any atom is 0.359 e. The molecule has 14 heavy (non-hydrogen) atoms. The van der Waals surface area contributed by atoms with Crippen molar-refractivity contribution in [1.29, 1.82) is 0 Å². The number of carboxylic acid groups (broad SMARTS) is 1. The first-order valence-corrected chi connectivity index (χ1v) is 3.66. The molecular weight excluding hydrogens is 194 g/mol. The molecule has 2 heterocycles. The van der Waals surface area contributed by atoms with Crippen LogP contribution in [0, 0.1) is 11.8 Å². The average molecular weight is 198 g/mol. The van der Waals surface area contributed by atoms with E-state index in [1.54, 1.807) is 0 Å². The van der Waals surface area contributed by atoms with E-state index in [4.69, 9.17) is 5.11 Å². The number of aromatic nitrogens is 2. The normalized spacial score (nSPS) is 10.7. The molecule has 0 spiro atoms. The zero-order valence-corrected chi connectivity index (χ0v) is 6.74. The lowest BCUT2D eigenvalue weighted by atomic mass is 10.4. The van der Waals surface area contributed by atoms with Crippen molar-refractivity contribution >= 4 is 11.6 Å². The van der Waals surface area contributed by atoms with Crippen molar-refractivity contribution in [3.05, 3.63) is 35.8 Å². The van der Waals surface area contributed by atoms with Gasteiger partial charge in [-0.2, -0.15) is 4.39 Å². The molecule has 0 saturated heterocycles. The highest BCUT2D eigenvalue weighted by Crippen LogP contribution is 2.11. The summed E-state index contributed by atoms with van der Waals surface area (Å²) in [6, 6.07) is 2.28. The van der Waals surface area contributed by atoms with E-state index < -0.39 is 23.4 Å². The van der Waals surface area contributed by atoms with Crippen LogP contribution in [0.2, 0.25) is 0 Å². The molecule has 2 aromatic heterocycles. The van der Waals surface area contributed by atoms with E-state index in [1.807, 2.05) is 0 Å². The van der Waals surface area contributed by atoms with Crippen molar-refractivity contribution in [2.45, 2.75) is 0 Å². The van der Waals surface area contributed by atoms with Gasteiger partial charge >= 0.3 is 5.97 Å². The van der Waals surface area contributed by atoms with E-state index in [1.165, 1.54) is 6.07 Å². The third kappa shape index (κ3) is 1.12. The maximum absolute atomic E-state index is 13.2. The minimum atomic E-state index is -1.48. The second-order valence-corrected chi connectivity index (χ2v) is 2.63. The smallest absolute Gasteiger partial charge is 0.359 e. The molecule has 0 aromatic carbocycles. The second-order valence-electron chi connectivity index (χ2n) is 2.63. The molecule has 0 bridgehead atoms. The first kappa shape index (κ1) is 8.61. The Labute approximate surface area is 76.4 Å². The molecule has 0 aliphatic rings. The molecule has 4 nitrogen and oxygen atoms in total. The highest BCUT2D eigenvalue weighted by molar-refractivity contribution is 5.86. The molecule has 0 saturated carbocycles.